The highest BCUT2D eigenvalue weighted by Gasteiger charge is 2.15. The zero-order valence-corrected chi connectivity index (χ0v) is 8.65. The highest BCUT2D eigenvalue weighted by Crippen LogP contribution is 2.17. The van der Waals surface area contributed by atoms with Crippen molar-refractivity contribution in [2.75, 3.05) is 6.54 Å². The molecule has 0 spiro atoms. The van der Waals surface area contributed by atoms with E-state index in [0.717, 1.165) is 6.54 Å². The molecule has 1 N–H and O–H groups in total. The summed E-state index contributed by atoms with van der Waals surface area (Å²) >= 11 is 0. The number of rotatable bonds is 5. The predicted molar refractivity (Wildman–Crippen MR) is 51.8 cm³/mol. The van der Waals surface area contributed by atoms with Gasteiger partial charge >= 0.3 is 0 Å². The minimum atomic E-state index is 0.320. The zero-order chi connectivity index (χ0) is 9.61. The lowest BCUT2D eigenvalue weighted by molar-refractivity contribution is 0.313. The number of hydrogen-bond donors (Lipinski definition) is 1. The van der Waals surface area contributed by atoms with Crippen LogP contribution in [0.15, 0.2) is 0 Å². The third kappa shape index (κ3) is 5.15. The van der Waals surface area contributed by atoms with E-state index in [-0.39, 0.29) is 0 Å². The molecule has 0 radical (unpaired) electrons. The molecular weight excluding hydrogens is 148 g/mol. The molecule has 2 heteroatoms. The van der Waals surface area contributed by atoms with Gasteiger partial charge in [-0.1, -0.05) is 20.8 Å². The Hall–Kier alpha value is -0.550. The molecule has 0 saturated carbocycles. The average Bonchev–Trinajstić information content (AvgIpc) is 2.02. The minimum Gasteiger partial charge on any atom is -0.313 e. The summed E-state index contributed by atoms with van der Waals surface area (Å²) in [5, 5.41) is 11.8. The minimum absolute atomic E-state index is 0.320. The Morgan fingerprint density at radius 3 is 2.50 bits per heavy atom. The van der Waals surface area contributed by atoms with Crippen molar-refractivity contribution in [2.45, 2.75) is 46.6 Å². The van der Waals surface area contributed by atoms with Crippen molar-refractivity contribution in [2.24, 2.45) is 5.41 Å². The van der Waals surface area contributed by atoms with E-state index in [4.69, 9.17) is 5.26 Å². The fourth-order valence-corrected chi connectivity index (χ4v) is 0.785. The lowest BCUT2D eigenvalue weighted by Gasteiger charge is -2.24. The third-order valence-corrected chi connectivity index (χ3v) is 2.28. The summed E-state index contributed by atoms with van der Waals surface area (Å²) in [5.74, 6) is 0. The maximum Gasteiger partial charge on any atom is 0.0638 e. The second kappa shape index (κ2) is 5.16. The fourth-order valence-electron chi connectivity index (χ4n) is 0.785. The van der Waals surface area contributed by atoms with Gasteiger partial charge in [0.25, 0.3) is 0 Å². The van der Waals surface area contributed by atoms with Gasteiger partial charge in [0.15, 0.2) is 0 Å². The SMILES string of the molecule is CCC(C)(C)CNC(C)CC#N. The number of nitrogens with one attached hydrogen (secondary N) is 1. The van der Waals surface area contributed by atoms with Crippen molar-refractivity contribution >= 4 is 0 Å². The molecule has 0 aromatic carbocycles. The van der Waals surface area contributed by atoms with Gasteiger partial charge in [-0.15, -0.1) is 0 Å². The van der Waals surface area contributed by atoms with Crippen molar-refractivity contribution in [3.8, 4) is 6.07 Å². The Balaban J connectivity index is 3.61. The molecule has 0 rings (SSSR count). The van der Waals surface area contributed by atoms with Crippen LogP contribution in [0, 0.1) is 16.7 Å². The second-order valence-electron chi connectivity index (χ2n) is 4.16. The van der Waals surface area contributed by atoms with Crippen molar-refractivity contribution in [3.63, 3.8) is 0 Å². The first-order valence-corrected chi connectivity index (χ1v) is 4.62. The van der Waals surface area contributed by atoms with Gasteiger partial charge in [0, 0.05) is 12.6 Å². The van der Waals surface area contributed by atoms with Gasteiger partial charge in [-0.05, 0) is 18.8 Å². The summed E-state index contributed by atoms with van der Waals surface area (Å²) < 4.78 is 0. The molecule has 0 aromatic heterocycles. The van der Waals surface area contributed by atoms with Gasteiger partial charge in [-0.3, -0.25) is 0 Å². The maximum absolute atomic E-state index is 8.43. The van der Waals surface area contributed by atoms with Crippen molar-refractivity contribution in [3.05, 3.63) is 0 Å². The standard InChI is InChI=1S/C10H20N2/c1-5-10(3,4)8-12-9(2)6-7-11/h9,12H,5-6,8H2,1-4H3. The predicted octanol–water partition coefficient (Wildman–Crippen LogP) is 2.31. The zero-order valence-electron chi connectivity index (χ0n) is 8.65. The van der Waals surface area contributed by atoms with E-state index in [2.05, 4.69) is 39.1 Å². The molecule has 0 amide bonds. The smallest absolute Gasteiger partial charge is 0.0638 e. The van der Waals surface area contributed by atoms with E-state index in [0.29, 0.717) is 17.9 Å². The average molecular weight is 168 g/mol. The van der Waals surface area contributed by atoms with Crippen LogP contribution in [0.25, 0.3) is 0 Å². The van der Waals surface area contributed by atoms with Crippen molar-refractivity contribution < 1.29 is 0 Å². The van der Waals surface area contributed by atoms with E-state index in [9.17, 15) is 0 Å². The molecule has 2 nitrogen and oxygen atoms in total. The largest absolute Gasteiger partial charge is 0.313 e. The molecule has 0 aromatic rings. The second-order valence-corrected chi connectivity index (χ2v) is 4.16. The summed E-state index contributed by atoms with van der Waals surface area (Å²) in [4.78, 5) is 0. The van der Waals surface area contributed by atoms with Crippen molar-refractivity contribution in [1.82, 2.24) is 5.32 Å². The molecule has 70 valence electrons. The van der Waals surface area contributed by atoms with Crippen molar-refractivity contribution in [1.29, 1.82) is 5.26 Å². The summed E-state index contributed by atoms with van der Waals surface area (Å²) in [5.41, 5.74) is 0.351. The van der Waals surface area contributed by atoms with Crippen LogP contribution in [-0.2, 0) is 0 Å². The van der Waals surface area contributed by atoms with Crippen LogP contribution in [0.1, 0.15) is 40.5 Å². The maximum atomic E-state index is 8.43. The Bertz CT molecular complexity index is 156. The summed E-state index contributed by atoms with van der Waals surface area (Å²) in [7, 11) is 0. The summed E-state index contributed by atoms with van der Waals surface area (Å²) in [6, 6.07) is 2.48. The van der Waals surface area contributed by atoms with Crippen LogP contribution < -0.4 is 5.32 Å². The molecule has 0 aliphatic rings. The van der Waals surface area contributed by atoms with E-state index >= 15 is 0 Å². The Labute approximate surface area is 76.0 Å². The van der Waals surface area contributed by atoms with Gasteiger partial charge in [-0.25, -0.2) is 0 Å². The summed E-state index contributed by atoms with van der Waals surface area (Å²) in [6.07, 6.45) is 1.76. The highest BCUT2D eigenvalue weighted by molar-refractivity contribution is 4.79. The first kappa shape index (κ1) is 11.4. The fraction of sp³-hybridized carbons (Fsp3) is 0.900. The lowest BCUT2D eigenvalue weighted by Crippen LogP contribution is -2.34. The first-order valence-electron chi connectivity index (χ1n) is 4.62. The van der Waals surface area contributed by atoms with Crippen LogP contribution in [0.5, 0.6) is 0 Å². The normalized spacial score (nSPS) is 13.9. The van der Waals surface area contributed by atoms with Gasteiger partial charge in [-0.2, -0.15) is 5.26 Å². The monoisotopic (exact) mass is 168 g/mol. The van der Waals surface area contributed by atoms with Crippen LogP contribution >= 0.6 is 0 Å². The van der Waals surface area contributed by atoms with Crippen LogP contribution in [-0.4, -0.2) is 12.6 Å². The first-order chi connectivity index (χ1) is 5.52. The molecule has 0 heterocycles. The molecule has 0 fully saturated rings. The summed E-state index contributed by atoms with van der Waals surface area (Å²) in [6.45, 7) is 9.70. The van der Waals surface area contributed by atoms with Crippen LogP contribution in [0.4, 0.5) is 0 Å². The van der Waals surface area contributed by atoms with Crippen LogP contribution in [0.2, 0.25) is 0 Å². The number of nitrogens with zero attached hydrogens (tertiary/aromatic N) is 1. The Kier molecular flexibility index (Phi) is 4.92. The van der Waals surface area contributed by atoms with E-state index < -0.39 is 0 Å². The molecule has 12 heavy (non-hydrogen) atoms. The lowest BCUT2D eigenvalue weighted by atomic mass is 9.90. The molecular formula is C10H20N2. The quantitative estimate of drug-likeness (QED) is 0.683. The Morgan fingerprint density at radius 2 is 2.08 bits per heavy atom. The highest BCUT2D eigenvalue weighted by atomic mass is 14.9. The van der Waals surface area contributed by atoms with Crippen LogP contribution in [0.3, 0.4) is 0 Å². The molecule has 0 aliphatic carbocycles. The molecule has 1 atom stereocenters. The molecule has 0 bridgehead atoms. The topological polar surface area (TPSA) is 35.8 Å². The van der Waals surface area contributed by atoms with E-state index in [1.807, 2.05) is 0 Å². The molecule has 1 unspecified atom stereocenters. The Morgan fingerprint density at radius 1 is 1.50 bits per heavy atom. The molecule has 0 aliphatic heterocycles. The number of nitriles is 1. The van der Waals surface area contributed by atoms with Gasteiger partial charge in [0.2, 0.25) is 0 Å². The van der Waals surface area contributed by atoms with E-state index in [1.165, 1.54) is 6.42 Å². The van der Waals surface area contributed by atoms with Gasteiger partial charge in [0.05, 0.1) is 12.5 Å². The third-order valence-electron chi connectivity index (χ3n) is 2.28. The van der Waals surface area contributed by atoms with Gasteiger partial charge in [0.1, 0.15) is 0 Å². The number of hydrogen-bond acceptors (Lipinski definition) is 2. The van der Waals surface area contributed by atoms with E-state index in [1.54, 1.807) is 0 Å². The van der Waals surface area contributed by atoms with Gasteiger partial charge < -0.3 is 5.32 Å². The molecule has 0 saturated heterocycles.